The predicted molar refractivity (Wildman–Crippen MR) is 66.9 cm³/mol. The smallest absolute Gasteiger partial charge is 0.178 e. The molecule has 1 aromatic carbocycles. The number of sulfone groups is 1. The van der Waals surface area contributed by atoms with Crippen LogP contribution in [0.25, 0.3) is 0 Å². The first-order valence-electron chi connectivity index (χ1n) is 5.40. The number of rotatable bonds is 3. The maximum atomic E-state index is 13.2. The van der Waals surface area contributed by atoms with Gasteiger partial charge < -0.3 is 5.73 Å². The Morgan fingerprint density at radius 2 is 1.88 bits per heavy atom. The molecule has 0 atom stereocenters. The molecule has 0 aromatic heterocycles. The van der Waals surface area contributed by atoms with Gasteiger partial charge >= 0.3 is 0 Å². The molecule has 0 aliphatic carbocycles. The van der Waals surface area contributed by atoms with Crippen LogP contribution in [0.4, 0.5) is 10.1 Å². The van der Waals surface area contributed by atoms with Crippen molar-refractivity contribution in [2.24, 2.45) is 5.41 Å². The number of hydrogen-bond donors (Lipinski definition) is 1. The molecular weight excluding hydrogens is 241 g/mol. The summed E-state index contributed by atoms with van der Waals surface area (Å²) >= 11 is 0. The second-order valence-electron chi connectivity index (χ2n) is 5.31. The average molecular weight is 259 g/mol. The van der Waals surface area contributed by atoms with Crippen LogP contribution in [0.1, 0.15) is 27.2 Å². The summed E-state index contributed by atoms with van der Waals surface area (Å²) in [6.45, 7) is 5.89. The van der Waals surface area contributed by atoms with Crippen LogP contribution in [-0.2, 0) is 9.84 Å². The van der Waals surface area contributed by atoms with E-state index in [9.17, 15) is 12.8 Å². The molecule has 96 valence electrons. The van der Waals surface area contributed by atoms with E-state index in [4.69, 9.17) is 5.73 Å². The van der Waals surface area contributed by atoms with Gasteiger partial charge in [-0.05, 0) is 30.0 Å². The Labute approximate surface area is 102 Å². The van der Waals surface area contributed by atoms with Crippen molar-refractivity contribution in [3.05, 3.63) is 24.0 Å². The van der Waals surface area contributed by atoms with Gasteiger partial charge in [-0.25, -0.2) is 12.8 Å². The van der Waals surface area contributed by atoms with Gasteiger partial charge in [0.2, 0.25) is 0 Å². The van der Waals surface area contributed by atoms with E-state index in [0.717, 1.165) is 6.07 Å². The number of hydrogen-bond acceptors (Lipinski definition) is 3. The molecule has 0 radical (unpaired) electrons. The molecule has 0 heterocycles. The molecule has 2 N–H and O–H groups in total. The molecule has 17 heavy (non-hydrogen) atoms. The summed E-state index contributed by atoms with van der Waals surface area (Å²) < 4.78 is 37.1. The quantitative estimate of drug-likeness (QED) is 0.849. The number of benzene rings is 1. The van der Waals surface area contributed by atoms with Crippen molar-refractivity contribution in [2.45, 2.75) is 32.1 Å². The molecule has 0 saturated heterocycles. The largest absolute Gasteiger partial charge is 0.396 e. The number of anilines is 1. The highest BCUT2D eigenvalue weighted by Gasteiger charge is 2.20. The van der Waals surface area contributed by atoms with Crippen molar-refractivity contribution in [1.82, 2.24) is 0 Å². The van der Waals surface area contributed by atoms with Gasteiger partial charge in [0.15, 0.2) is 9.84 Å². The van der Waals surface area contributed by atoms with Gasteiger partial charge in [-0.15, -0.1) is 0 Å². The van der Waals surface area contributed by atoms with E-state index < -0.39 is 15.7 Å². The Morgan fingerprint density at radius 1 is 1.29 bits per heavy atom. The Balaban J connectivity index is 2.94. The van der Waals surface area contributed by atoms with Crippen LogP contribution in [0.15, 0.2) is 23.1 Å². The molecule has 0 aliphatic heterocycles. The van der Waals surface area contributed by atoms with Gasteiger partial charge in [0.1, 0.15) is 5.82 Å². The van der Waals surface area contributed by atoms with Crippen LogP contribution in [0.3, 0.4) is 0 Å². The van der Waals surface area contributed by atoms with E-state index in [1.54, 1.807) is 0 Å². The normalized spacial score (nSPS) is 12.7. The Kier molecular flexibility index (Phi) is 3.81. The lowest BCUT2D eigenvalue weighted by Crippen LogP contribution is -2.15. The molecule has 5 heteroatoms. The van der Waals surface area contributed by atoms with Gasteiger partial charge in [-0.3, -0.25) is 0 Å². The van der Waals surface area contributed by atoms with Crippen LogP contribution in [0, 0.1) is 11.2 Å². The summed E-state index contributed by atoms with van der Waals surface area (Å²) in [5, 5.41) is 0. The molecule has 0 spiro atoms. The SMILES string of the molecule is CC(C)(C)CCS(=O)(=O)c1ccc(N)c(F)c1. The summed E-state index contributed by atoms with van der Waals surface area (Å²) in [7, 11) is -3.43. The van der Waals surface area contributed by atoms with Gasteiger partial charge in [0.25, 0.3) is 0 Å². The highest BCUT2D eigenvalue weighted by molar-refractivity contribution is 7.91. The number of nitrogens with two attached hydrogens (primary N) is 1. The first-order chi connectivity index (χ1) is 7.62. The molecule has 0 aliphatic rings. The van der Waals surface area contributed by atoms with Crippen molar-refractivity contribution < 1.29 is 12.8 Å². The third-order valence-electron chi connectivity index (χ3n) is 2.45. The van der Waals surface area contributed by atoms with Crippen molar-refractivity contribution in [1.29, 1.82) is 0 Å². The fourth-order valence-corrected chi connectivity index (χ4v) is 2.93. The van der Waals surface area contributed by atoms with Gasteiger partial charge in [0, 0.05) is 0 Å². The summed E-state index contributed by atoms with van der Waals surface area (Å²) in [5.74, 6) is -0.679. The van der Waals surface area contributed by atoms with Crippen LogP contribution in [0.5, 0.6) is 0 Å². The van der Waals surface area contributed by atoms with Gasteiger partial charge in [0.05, 0.1) is 16.3 Å². The molecule has 0 unspecified atom stereocenters. The Morgan fingerprint density at radius 3 is 2.35 bits per heavy atom. The van der Waals surface area contributed by atoms with Gasteiger partial charge in [-0.2, -0.15) is 0 Å². The second-order valence-corrected chi connectivity index (χ2v) is 7.42. The van der Waals surface area contributed by atoms with Crippen molar-refractivity contribution in [2.75, 3.05) is 11.5 Å². The highest BCUT2D eigenvalue weighted by atomic mass is 32.2. The van der Waals surface area contributed by atoms with Crippen molar-refractivity contribution >= 4 is 15.5 Å². The van der Waals surface area contributed by atoms with Crippen LogP contribution in [-0.4, -0.2) is 14.2 Å². The van der Waals surface area contributed by atoms with Crippen LogP contribution in [0.2, 0.25) is 0 Å². The summed E-state index contributed by atoms with van der Waals surface area (Å²) in [6, 6.07) is 3.60. The summed E-state index contributed by atoms with van der Waals surface area (Å²) in [6.07, 6.45) is 0.529. The summed E-state index contributed by atoms with van der Waals surface area (Å²) in [5.41, 5.74) is 5.19. The maximum Gasteiger partial charge on any atom is 0.178 e. The minimum absolute atomic E-state index is 0.00606. The lowest BCUT2D eigenvalue weighted by atomic mass is 9.94. The molecule has 0 amide bonds. The van der Waals surface area contributed by atoms with Crippen molar-refractivity contribution in [3.63, 3.8) is 0 Å². The Hall–Kier alpha value is -1.10. The standard InChI is InChI=1S/C12H18FNO2S/c1-12(2,3)6-7-17(15,16)9-4-5-11(14)10(13)8-9/h4-5,8H,6-7,14H2,1-3H3. The number of nitrogen functional groups attached to an aromatic ring is 1. The van der Waals surface area contributed by atoms with E-state index in [-0.39, 0.29) is 21.8 Å². The van der Waals surface area contributed by atoms with E-state index >= 15 is 0 Å². The Bertz CT molecular complexity index is 504. The van der Waals surface area contributed by atoms with Crippen molar-refractivity contribution in [3.8, 4) is 0 Å². The summed E-state index contributed by atoms with van der Waals surface area (Å²) in [4.78, 5) is -0.00606. The van der Waals surface area contributed by atoms with E-state index in [0.29, 0.717) is 6.42 Å². The second kappa shape index (κ2) is 4.64. The fourth-order valence-electron chi connectivity index (χ4n) is 1.26. The van der Waals surface area contributed by atoms with Gasteiger partial charge in [-0.1, -0.05) is 20.8 Å². The fraction of sp³-hybridized carbons (Fsp3) is 0.500. The molecule has 0 fully saturated rings. The first kappa shape index (κ1) is 14.0. The first-order valence-corrected chi connectivity index (χ1v) is 7.05. The molecule has 1 aromatic rings. The van der Waals surface area contributed by atoms with E-state index in [1.165, 1.54) is 12.1 Å². The molecular formula is C12H18FNO2S. The third-order valence-corrected chi connectivity index (χ3v) is 4.17. The molecule has 1 rings (SSSR count). The van der Waals surface area contributed by atoms with E-state index in [1.807, 2.05) is 20.8 Å². The van der Waals surface area contributed by atoms with Crippen LogP contribution >= 0.6 is 0 Å². The monoisotopic (exact) mass is 259 g/mol. The zero-order valence-electron chi connectivity index (χ0n) is 10.3. The minimum Gasteiger partial charge on any atom is -0.396 e. The molecule has 3 nitrogen and oxygen atoms in total. The zero-order valence-corrected chi connectivity index (χ0v) is 11.1. The zero-order chi connectivity index (χ0) is 13.3. The lowest BCUT2D eigenvalue weighted by molar-refractivity contribution is 0.397. The third kappa shape index (κ3) is 4.00. The molecule has 0 saturated carbocycles. The lowest BCUT2D eigenvalue weighted by Gasteiger charge is -2.17. The highest BCUT2D eigenvalue weighted by Crippen LogP contribution is 2.23. The number of halogens is 1. The molecule has 0 bridgehead atoms. The van der Waals surface area contributed by atoms with E-state index in [2.05, 4.69) is 0 Å². The minimum atomic E-state index is -3.43. The maximum absolute atomic E-state index is 13.2. The van der Waals surface area contributed by atoms with Crippen LogP contribution < -0.4 is 5.73 Å². The predicted octanol–water partition coefficient (Wildman–Crippen LogP) is 2.62. The topological polar surface area (TPSA) is 60.2 Å². The average Bonchev–Trinajstić information content (AvgIpc) is 2.18.